The lowest BCUT2D eigenvalue weighted by Crippen LogP contribution is -2.12. The van der Waals surface area contributed by atoms with E-state index in [4.69, 9.17) is 4.42 Å². The Morgan fingerprint density at radius 1 is 1.59 bits per heavy atom. The zero-order chi connectivity index (χ0) is 15.7. The molecule has 0 fully saturated rings. The van der Waals surface area contributed by atoms with Crippen molar-refractivity contribution in [2.24, 2.45) is 5.92 Å². The lowest BCUT2D eigenvalue weighted by atomic mass is 9.86. The number of halogens is 1. The van der Waals surface area contributed by atoms with Crippen LogP contribution in [0.4, 0.5) is 5.00 Å². The molecule has 2 heterocycles. The number of hydrogen-bond acceptors (Lipinski definition) is 4. The van der Waals surface area contributed by atoms with Crippen LogP contribution in [0.3, 0.4) is 0 Å². The van der Waals surface area contributed by atoms with Gasteiger partial charge in [-0.05, 0) is 58.8 Å². The maximum atomic E-state index is 12.2. The number of carbonyl (C=O) groups is 1. The van der Waals surface area contributed by atoms with E-state index in [1.807, 2.05) is 0 Å². The number of fused-ring (bicyclic) bond motifs is 1. The van der Waals surface area contributed by atoms with Crippen LogP contribution in [0.2, 0.25) is 0 Å². The number of carbonyl (C=O) groups excluding carboxylic acids is 1. The molecule has 22 heavy (non-hydrogen) atoms. The Hall–Kier alpha value is -1.58. The summed E-state index contributed by atoms with van der Waals surface area (Å²) >= 11 is 4.71. The van der Waals surface area contributed by atoms with Crippen LogP contribution in [0.1, 0.15) is 46.3 Å². The summed E-state index contributed by atoms with van der Waals surface area (Å²) in [5.41, 5.74) is 1.74. The van der Waals surface area contributed by atoms with E-state index in [1.165, 1.54) is 16.2 Å². The summed E-state index contributed by atoms with van der Waals surface area (Å²) in [7, 11) is 0. The smallest absolute Gasteiger partial charge is 0.292 e. The molecule has 0 aliphatic heterocycles. The van der Waals surface area contributed by atoms with Crippen molar-refractivity contribution in [1.29, 1.82) is 5.26 Å². The number of anilines is 1. The highest BCUT2D eigenvalue weighted by Crippen LogP contribution is 2.40. The predicted octanol–water partition coefficient (Wildman–Crippen LogP) is 4.74. The van der Waals surface area contributed by atoms with Crippen molar-refractivity contribution >= 4 is 38.2 Å². The number of nitrogens with zero attached hydrogens (tertiary/aromatic N) is 1. The first kappa shape index (κ1) is 15.3. The van der Waals surface area contributed by atoms with Gasteiger partial charge in [0.05, 0.1) is 5.56 Å². The zero-order valence-electron chi connectivity index (χ0n) is 12.1. The van der Waals surface area contributed by atoms with E-state index in [2.05, 4.69) is 34.2 Å². The molecule has 3 rings (SSSR count). The first-order valence-electron chi connectivity index (χ1n) is 7.23. The molecule has 1 N–H and O–H groups in total. The van der Waals surface area contributed by atoms with Crippen LogP contribution in [-0.2, 0) is 12.8 Å². The first-order chi connectivity index (χ1) is 10.6. The van der Waals surface area contributed by atoms with Crippen LogP contribution >= 0.6 is 27.3 Å². The van der Waals surface area contributed by atoms with Gasteiger partial charge in [-0.2, -0.15) is 5.26 Å². The first-order valence-corrected chi connectivity index (χ1v) is 8.84. The van der Waals surface area contributed by atoms with Crippen LogP contribution in [0.5, 0.6) is 0 Å². The second-order valence-electron chi connectivity index (χ2n) is 5.39. The number of furan rings is 1. The summed E-state index contributed by atoms with van der Waals surface area (Å²) in [6, 6.07) is 5.53. The maximum Gasteiger partial charge on any atom is 0.292 e. The van der Waals surface area contributed by atoms with Crippen LogP contribution in [0.15, 0.2) is 21.2 Å². The minimum Gasteiger partial charge on any atom is -0.444 e. The van der Waals surface area contributed by atoms with Gasteiger partial charge in [0.25, 0.3) is 5.91 Å². The van der Waals surface area contributed by atoms with Crippen LogP contribution in [-0.4, -0.2) is 5.91 Å². The Bertz CT molecular complexity index is 757. The van der Waals surface area contributed by atoms with Gasteiger partial charge in [-0.3, -0.25) is 4.79 Å². The van der Waals surface area contributed by atoms with Crippen LogP contribution < -0.4 is 5.32 Å². The highest BCUT2D eigenvalue weighted by Gasteiger charge is 2.26. The zero-order valence-corrected chi connectivity index (χ0v) is 14.5. The lowest BCUT2D eigenvalue weighted by Gasteiger charge is -2.20. The summed E-state index contributed by atoms with van der Waals surface area (Å²) < 4.78 is 5.76. The van der Waals surface area contributed by atoms with E-state index in [1.54, 1.807) is 12.1 Å². The largest absolute Gasteiger partial charge is 0.444 e. The monoisotopic (exact) mass is 378 g/mol. The Kier molecular flexibility index (Phi) is 4.37. The molecule has 0 aromatic carbocycles. The topological polar surface area (TPSA) is 66.0 Å². The standard InChI is InChI=1S/C16H15BrN2O2S/c1-2-9-3-4-10-11(8-18)16(22-13(10)7-9)19-15(20)12-5-6-14(17)21-12/h5-6,9H,2-4,7H2,1H3,(H,19,20)/t9-/m1/s1. The van der Waals surface area contributed by atoms with Crippen LogP contribution in [0, 0.1) is 17.2 Å². The molecule has 0 bridgehead atoms. The fourth-order valence-corrected chi connectivity index (χ4v) is 4.42. The summed E-state index contributed by atoms with van der Waals surface area (Å²) in [4.78, 5) is 13.4. The molecule has 114 valence electrons. The van der Waals surface area contributed by atoms with Crippen molar-refractivity contribution in [3.63, 3.8) is 0 Å². The molecular weight excluding hydrogens is 364 g/mol. The molecule has 6 heteroatoms. The Morgan fingerprint density at radius 2 is 2.41 bits per heavy atom. The summed E-state index contributed by atoms with van der Waals surface area (Å²) in [5.74, 6) is 0.587. The van der Waals surface area contributed by atoms with Crippen molar-refractivity contribution in [3.8, 4) is 6.07 Å². The molecule has 2 aromatic rings. The molecule has 1 atom stereocenters. The van der Waals surface area contributed by atoms with Crippen molar-refractivity contribution < 1.29 is 9.21 Å². The van der Waals surface area contributed by atoms with Crippen molar-refractivity contribution in [2.45, 2.75) is 32.6 Å². The van der Waals surface area contributed by atoms with Crippen molar-refractivity contribution in [1.82, 2.24) is 0 Å². The number of nitrogens with one attached hydrogen (secondary N) is 1. The van der Waals surface area contributed by atoms with E-state index in [0.29, 0.717) is 21.2 Å². The summed E-state index contributed by atoms with van der Waals surface area (Å²) in [5, 5.41) is 12.9. The average Bonchev–Trinajstić information content (AvgIpc) is 3.09. The fraction of sp³-hybridized carbons (Fsp3) is 0.375. The minimum absolute atomic E-state index is 0.230. The molecular formula is C16H15BrN2O2S. The van der Waals surface area contributed by atoms with Crippen LogP contribution in [0.25, 0.3) is 0 Å². The second-order valence-corrected chi connectivity index (χ2v) is 7.28. The lowest BCUT2D eigenvalue weighted by molar-refractivity contribution is 0.0996. The Labute approximate surface area is 141 Å². The molecule has 4 nitrogen and oxygen atoms in total. The quantitative estimate of drug-likeness (QED) is 0.838. The third-order valence-corrected chi connectivity index (χ3v) is 5.68. The van der Waals surface area contributed by atoms with Gasteiger partial charge in [-0.25, -0.2) is 0 Å². The van der Waals surface area contributed by atoms with Gasteiger partial charge in [0.15, 0.2) is 10.4 Å². The molecule has 2 aromatic heterocycles. The second kappa shape index (κ2) is 6.27. The summed E-state index contributed by atoms with van der Waals surface area (Å²) in [6.45, 7) is 2.20. The summed E-state index contributed by atoms with van der Waals surface area (Å²) in [6.07, 6.45) is 4.21. The van der Waals surface area contributed by atoms with E-state index in [0.717, 1.165) is 31.2 Å². The molecule has 1 aliphatic carbocycles. The van der Waals surface area contributed by atoms with Gasteiger partial charge in [-0.15, -0.1) is 11.3 Å². The average molecular weight is 379 g/mol. The molecule has 1 aliphatic rings. The third-order valence-electron chi connectivity index (χ3n) is 4.08. The van der Waals surface area contributed by atoms with Gasteiger partial charge in [-0.1, -0.05) is 13.3 Å². The van der Waals surface area contributed by atoms with E-state index in [-0.39, 0.29) is 11.7 Å². The normalized spacial score (nSPS) is 16.9. The number of hydrogen-bond donors (Lipinski definition) is 1. The van der Waals surface area contributed by atoms with Crippen molar-refractivity contribution in [2.75, 3.05) is 5.32 Å². The molecule has 0 saturated heterocycles. The van der Waals surface area contributed by atoms with E-state index < -0.39 is 0 Å². The number of nitriles is 1. The maximum absolute atomic E-state index is 12.2. The predicted molar refractivity (Wildman–Crippen MR) is 89.2 cm³/mol. The highest BCUT2D eigenvalue weighted by atomic mass is 79.9. The Morgan fingerprint density at radius 3 is 3.05 bits per heavy atom. The number of rotatable bonds is 3. The molecule has 0 saturated carbocycles. The molecule has 0 radical (unpaired) electrons. The molecule has 0 unspecified atom stereocenters. The van der Waals surface area contributed by atoms with E-state index in [9.17, 15) is 10.1 Å². The minimum atomic E-state index is -0.326. The number of thiophene rings is 1. The molecule has 1 amide bonds. The Balaban J connectivity index is 1.87. The van der Waals surface area contributed by atoms with Gasteiger partial charge >= 0.3 is 0 Å². The van der Waals surface area contributed by atoms with Crippen molar-refractivity contribution in [3.05, 3.63) is 38.6 Å². The van der Waals surface area contributed by atoms with E-state index >= 15 is 0 Å². The van der Waals surface area contributed by atoms with Gasteiger partial charge in [0, 0.05) is 4.88 Å². The molecule has 0 spiro atoms. The SMILES string of the molecule is CC[C@@H]1CCc2c(sc(NC(=O)c3ccc(Br)o3)c2C#N)C1. The highest BCUT2D eigenvalue weighted by molar-refractivity contribution is 9.10. The fourth-order valence-electron chi connectivity index (χ4n) is 2.81. The van der Waals surface area contributed by atoms with Gasteiger partial charge in [0.1, 0.15) is 11.1 Å². The number of amides is 1. The van der Waals surface area contributed by atoms with Gasteiger partial charge in [0.2, 0.25) is 0 Å². The third kappa shape index (κ3) is 2.83. The van der Waals surface area contributed by atoms with Gasteiger partial charge < -0.3 is 9.73 Å².